The summed E-state index contributed by atoms with van der Waals surface area (Å²) < 4.78 is 39.8. The third-order valence-corrected chi connectivity index (χ3v) is 4.33. The molecule has 3 rings (SSSR count). The van der Waals surface area contributed by atoms with E-state index in [-0.39, 0.29) is 31.0 Å². The molecule has 0 saturated carbocycles. The van der Waals surface area contributed by atoms with Crippen LogP contribution in [-0.4, -0.2) is 33.4 Å². The maximum absolute atomic E-state index is 12.7. The average Bonchev–Trinajstić information content (AvgIpc) is 2.92. The molecule has 0 aliphatic carbocycles. The van der Waals surface area contributed by atoms with Crippen molar-refractivity contribution >= 4 is 5.91 Å². The van der Waals surface area contributed by atoms with Crippen LogP contribution in [0.2, 0.25) is 0 Å². The Morgan fingerprint density at radius 2 is 1.96 bits per heavy atom. The van der Waals surface area contributed by atoms with Gasteiger partial charge < -0.3 is 15.8 Å². The quantitative estimate of drug-likeness (QED) is 0.773. The van der Waals surface area contributed by atoms with E-state index in [4.69, 9.17) is 0 Å². The number of carbonyl (C=O) groups excluding carboxylic acids is 1. The highest BCUT2D eigenvalue weighted by atomic mass is 19.4. The lowest BCUT2D eigenvalue weighted by Crippen LogP contribution is -2.49. The van der Waals surface area contributed by atoms with E-state index in [9.17, 15) is 23.1 Å². The van der Waals surface area contributed by atoms with Gasteiger partial charge in [0.2, 0.25) is 0 Å². The van der Waals surface area contributed by atoms with Gasteiger partial charge in [0.1, 0.15) is 12.0 Å². The molecule has 0 fully saturated rings. The van der Waals surface area contributed by atoms with Crippen molar-refractivity contribution in [1.82, 2.24) is 15.0 Å². The number of aliphatic hydroxyl groups is 1. The molecule has 2 aromatic rings. The zero-order chi connectivity index (χ0) is 19.1. The van der Waals surface area contributed by atoms with Crippen molar-refractivity contribution in [2.24, 2.45) is 0 Å². The summed E-state index contributed by atoms with van der Waals surface area (Å²) in [5.41, 5.74) is 3.76. The number of alkyl halides is 3. The molecule has 3 N–H and O–H groups in total. The SMILES string of the molecule is CC1NC(=O)c2c(CCO)nc([C@@H](C)c3ccc(C(F)(F)F)cc3)n2N1. The van der Waals surface area contributed by atoms with Crippen LogP contribution in [0.3, 0.4) is 0 Å². The van der Waals surface area contributed by atoms with E-state index >= 15 is 0 Å². The number of benzene rings is 1. The minimum Gasteiger partial charge on any atom is -0.396 e. The van der Waals surface area contributed by atoms with Crippen LogP contribution in [0.5, 0.6) is 0 Å². The first-order valence-electron chi connectivity index (χ1n) is 8.19. The van der Waals surface area contributed by atoms with Crippen LogP contribution < -0.4 is 10.7 Å². The summed E-state index contributed by atoms with van der Waals surface area (Å²) >= 11 is 0. The molecule has 1 aliphatic rings. The number of hydrogen-bond acceptors (Lipinski definition) is 4. The van der Waals surface area contributed by atoms with Gasteiger partial charge in [0.15, 0.2) is 5.69 Å². The van der Waals surface area contributed by atoms with E-state index in [1.54, 1.807) is 18.5 Å². The molecule has 1 amide bonds. The van der Waals surface area contributed by atoms with E-state index in [0.29, 0.717) is 22.8 Å². The second-order valence-corrected chi connectivity index (χ2v) is 6.24. The number of halogens is 3. The number of carbonyl (C=O) groups is 1. The minimum absolute atomic E-state index is 0.166. The Morgan fingerprint density at radius 1 is 1.31 bits per heavy atom. The smallest absolute Gasteiger partial charge is 0.396 e. The van der Waals surface area contributed by atoms with Gasteiger partial charge in [-0.25, -0.2) is 9.66 Å². The van der Waals surface area contributed by atoms with E-state index in [1.807, 2.05) is 0 Å². The van der Waals surface area contributed by atoms with E-state index in [2.05, 4.69) is 15.7 Å². The average molecular weight is 368 g/mol. The molecule has 1 aliphatic heterocycles. The van der Waals surface area contributed by atoms with Crippen molar-refractivity contribution in [3.8, 4) is 0 Å². The molecule has 1 aromatic heterocycles. The lowest BCUT2D eigenvalue weighted by Gasteiger charge is -2.27. The summed E-state index contributed by atoms with van der Waals surface area (Å²) in [7, 11) is 0. The Bertz CT molecular complexity index is 815. The van der Waals surface area contributed by atoms with Gasteiger partial charge in [0.25, 0.3) is 5.91 Å². The number of nitrogens with one attached hydrogen (secondary N) is 2. The van der Waals surface area contributed by atoms with Crippen molar-refractivity contribution < 1.29 is 23.1 Å². The van der Waals surface area contributed by atoms with E-state index < -0.39 is 11.7 Å². The first-order chi connectivity index (χ1) is 12.2. The highest BCUT2D eigenvalue weighted by molar-refractivity contribution is 5.95. The Balaban J connectivity index is 2.01. The van der Waals surface area contributed by atoms with Crippen LogP contribution in [0.25, 0.3) is 0 Å². The molecule has 6 nitrogen and oxygen atoms in total. The second-order valence-electron chi connectivity index (χ2n) is 6.24. The van der Waals surface area contributed by atoms with Crippen LogP contribution in [0, 0.1) is 0 Å². The molecule has 140 valence electrons. The van der Waals surface area contributed by atoms with Crippen molar-refractivity contribution in [3.05, 3.63) is 52.6 Å². The molecule has 9 heteroatoms. The molecular formula is C17H19F3N4O2. The molecule has 2 heterocycles. The van der Waals surface area contributed by atoms with E-state index in [1.165, 1.54) is 12.1 Å². The van der Waals surface area contributed by atoms with Gasteiger partial charge in [0, 0.05) is 18.9 Å². The monoisotopic (exact) mass is 368 g/mol. The number of aliphatic hydroxyl groups excluding tert-OH is 1. The number of amides is 1. The fourth-order valence-corrected chi connectivity index (χ4v) is 3.02. The molecule has 0 spiro atoms. The van der Waals surface area contributed by atoms with Gasteiger partial charge >= 0.3 is 6.18 Å². The highest BCUT2D eigenvalue weighted by Gasteiger charge is 2.32. The summed E-state index contributed by atoms with van der Waals surface area (Å²) in [6, 6.07) is 4.88. The largest absolute Gasteiger partial charge is 0.416 e. The first-order valence-corrected chi connectivity index (χ1v) is 8.19. The lowest BCUT2D eigenvalue weighted by molar-refractivity contribution is -0.137. The number of rotatable bonds is 4. The minimum atomic E-state index is -4.39. The molecular weight excluding hydrogens is 349 g/mol. The van der Waals surface area contributed by atoms with Gasteiger partial charge in [0.05, 0.1) is 11.3 Å². The van der Waals surface area contributed by atoms with Crippen LogP contribution >= 0.6 is 0 Å². The van der Waals surface area contributed by atoms with Crippen molar-refractivity contribution in [2.75, 3.05) is 12.0 Å². The number of fused-ring (bicyclic) bond motifs is 1. The predicted octanol–water partition coefficient (Wildman–Crippen LogP) is 2.22. The summed E-state index contributed by atoms with van der Waals surface area (Å²) in [5.74, 6) is -0.156. The van der Waals surface area contributed by atoms with Gasteiger partial charge in [-0.15, -0.1) is 0 Å². The maximum atomic E-state index is 12.7. The molecule has 1 unspecified atom stereocenters. The van der Waals surface area contributed by atoms with Gasteiger partial charge in [-0.1, -0.05) is 19.1 Å². The summed E-state index contributed by atoms with van der Waals surface area (Å²) in [6.45, 7) is 3.40. The Hall–Kier alpha value is -2.55. The van der Waals surface area contributed by atoms with Gasteiger partial charge in [-0.3, -0.25) is 4.79 Å². The molecule has 0 saturated heterocycles. The molecule has 0 bridgehead atoms. The number of nitrogens with zero attached hydrogens (tertiary/aromatic N) is 2. The van der Waals surface area contributed by atoms with Crippen LogP contribution in [0.1, 0.15) is 52.9 Å². The Labute approximate surface area is 148 Å². The van der Waals surface area contributed by atoms with Crippen molar-refractivity contribution in [1.29, 1.82) is 0 Å². The third kappa shape index (κ3) is 3.26. The highest BCUT2D eigenvalue weighted by Crippen LogP contribution is 2.32. The molecule has 0 radical (unpaired) electrons. The van der Waals surface area contributed by atoms with Crippen molar-refractivity contribution in [2.45, 2.75) is 38.5 Å². The molecule has 2 atom stereocenters. The summed E-state index contributed by atoms with van der Waals surface area (Å²) in [4.78, 5) is 16.8. The molecule has 1 aromatic carbocycles. The number of imidazole rings is 1. The van der Waals surface area contributed by atoms with Crippen LogP contribution in [-0.2, 0) is 12.6 Å². The van der Waals surface area contributed by atoms with Crippen molar-refractivity contribution in [3.63, 3.8) is 0 Å². The fourth-order valence-electron chi connectivity index (χ4n) is 3.02. The van der Waals surface area contributed by atoms with Gasteiger partial charge in [-0.2, -0.15) is 13.2 Å². The standard InChI is InChI=1S/C17H19F3N4O2/c1-9(11-3-5-12(6-4-11)17(18,19)20)15-22-13(7-8-25)14-16(26)21-10(2)23-24(14)15/h3-6,9-10,23,25H,7-8H2,1-2H3,(H,21,26)/t9-,10?/m0/s1. The number of aromatic nitrogens is 2. The summed E-state index contributed by atoms with van der Waals surface area (Å²) in [5, 5.41) is 12.0. The first kappa shape index (κ1) is 18.2. The fraction of sp³-hybridized carbons (Fsp3) is 0.412. The maximum Gasteiger partial charge on any atom is 0.416 e. The van der Waals surface area contributed by atoms with E-state index in [0.717, 1.165) is 12.1 Å². The van der Waals surface area contributed by atoms with Crippen LogP contribution in [0.4, 0.5) is 13.2 Å². The van der Waals surface area contributed by atoms with Crippen LogP contribution in [0.15, 0.2) is 24.3 Å². The Morgan fingerprint density at radius 3 is 2.54 bits per heavy atom. The Kier molecular flexibility index (Phi) is 4.66. The zero-order valence-corrected chi connectivity index (χ0v) is 14.3. The molecule has 26 heavy (non-hydrogen) atoms. The topological polar surface area (TPSA) is 79.2 Å². The van der Waals surface area contributed by atoms with Gasteiger partial charge in [-0.05, 0) is 24.6 Å². The summed E-state index contributed by atoms with van der Waals surface area (Å²) in [6.07, 6.45) is -4.51. The zero-order valence-electron chi connectivity index (χ0n) is 14.3. The normalized spacial score (nSPS) is 18.1. The number of hydrogen-bond donors (Lipinski definition) is 3. The lowest BCUT2D eigenvalue weighted by atomic mass is 9.99. The third-order valence-electron chi connectivity index (χ3n) is 4.33. The predicted molar refractivity (Wildman–Crippen MR) is 88.3 cm³/mol. The second kappa shape index (κ2) is 6.64.